The second-order valence-corrected chi connectivity index (χ2v) is 6.20. The summed E-state index contributed by atoms with van der Waals surface area (Å²) in [5.74, 6) is -0.795. The summed E-state index contributed by atoms with van der Waals surface area (Å²) in [7, 11) is 0. The fourth-order valence-electron chi connectivity index (χ4n) is 2.09. The van der Waals surface area contributed by atoms with Crippen molar-refractivity contribution < 1.29 is 19.1 Å². The lowest BCUT2D eigenvalue weighted by molar-refractivity contribution is -0.151. The van der Waals surface area contributed by atoms with Crippen LogP contribution >= 0.6 is 0 Å². The Kier molecular flexibility index (Phi) is 4.49. The molecule has 22 heavy (non-hydrogen) atoms. The molecule has 1 aliphatic heterocycles. The van der Waals surface area contributed by atoms with E-state index in [1.807, 2.05) is 30.3 Å². The Bertz CT molecular complexity index is 560. The van der Waals surface area contributed by atoms with E-state index in [-0.39, 0.29) is 19.6 Å². The van der Waals surface area contributed by atoms with Gasteiger partial charge in [-0.05, 0) is 26.3 Å². The smallest absolute Gasteiger partial charge is 0.411 e. The molecule has 1 fully saturated rings. The molecule has 0 aromatic heterocycles. The number of carbonyl (C=O) groups is 3. The first-order chi connectivity index (χ1) is 10.3. The first-order valence-electron chi connectivity index (χ1n) is 7.11. The van der Waals surface area contributed by atoms with E-state index in [9.17, 15) is 14.4 Å². The van der Waals surface area contributed by atoms with E-state index in [0.717, 1.165) is 10.5 Å². The van der Waals surface area contributed by atoms with Gasteiger partial charge in [0.25, 0.3) is 0 Å². The summed E-state index contributed by atoms with van der Waals surface area (Å²) >= 11 is 0. The van der Waals surface area contributed by atoms with E-state index in [0.29, 0.717) is 0 Å². The average Bonchev–Trinajstić information content (AvgIpc) is 2.42. The zero-order chi connectivity index (χ0) is 16.3. The van der Waals surface area contributed by atoms with Crippen LogP contribution in [0.4, 0.5) is 4.79 Å². The maximum atomic E-state index is 12.1. The Labute approximate surface area is 129 Å². The van der Waals surface area contributed by atoms with Crippen LogP contribution in [0.3, 0.4) is 0 Å². The van der Waals surface area contributed by atoms with Gasteiger partial charge in [-0.2, -0.15) is 0 Å². The van der Waals surface area contributed by atoms with Gasteiger partial charge in [0.05, 0.1) is 6.54 Å². The highest BCUT2D eigenvalue weighted by Crippen LogP contribution is 2.14. The first-order valence-corrected chi connectivity index (χ1v) is 7.11. The van der Waals surface area contributed by atoms with Crippen molar-refractivity contribution in [1.82, 2.24) is 9.80 Å². The summed E-state index contributed by atoms with van der Waals surface area (Å²) in [6, 6.07) is 9.26. The van der Waals surface area contributed by atoms with Gasteiger partial charge in [0.1, 0.15) is 18.7 Å². The molecule has 6 heteroatoms. The van der Waals surface area contributed by atoms with Crippen LogP contribution in [0, 0.1) is 0 Å². The topological polar surface area (TPSA) is 66.9 Å². The van der Waals surface area contributed by atoms with E-state index >= 15 is 0 Å². The van der Waals surface area contributed by atoms with Crippen LogP contribution in [0.25, 0.3) is 0 Å². The number of benzene rings is 1. The van der Waals surface area contributed by atoms with Gasteiger partial charge in [-0.25, -0.2) is 4.79 Å². The standard InChI is InChI=1S/C16H20N2O4/c1-16(2,3)22-15(21)17-10-13(19)18(14(20)11-17)9-12-7-5-4-6-8-12/h4-8H,9-11H2,1-3H3. The molecular formula is C16H20N2O4. The van der Waals surface area contributed by atoms with Crippen molar-refractivity contribution in [2.24, 2.45) is 0 Å². The molecule has 0 saturated carbocycles. The number of amides is 3. The van der Waals surface area contributed by atoms with Crippen LogP contribution in [-0.2, 0) is 20.9 Å². The van der Waals surface area contributed by atoms with Gasteiger partial charge in [0.2, 0.25) is 11.8 Å². The van der Waals surface area contributed by atoms with Crippen molar-refractivity contribution >= 4 is 17.9 Å². The van der Waals surface area contributed by atoms with Gasteiger partial charge in [-0.1, -0.05) is 30.3 Å². The minimum Gasteiger partial charge on any atom is -0.444 e. The quantitative estimate of drug-likeness (QED) is 0.781. The predicted molar refractivity (Wildman–Crippen MR) is 79.8 cm³/mol. The molecule has 0 N–H and O–H groups in total. The Morgan fingerprint density at radius 3 is 2.14 bits per heavy atom. The van der Waals surface area contributed by atoms with Crippen molar-refractivity contribution in [2.45, 2.75) is 32.9 Å². The summed E-state index contributed by atoms with van der Waals surface area (Å²) in [4.78, 5) is 38.6. The normalized spacial score (nSPS) is 16.0. The summed E-state index contributed by atoms with van der Waals surface area (Å²) in [6.45, 7) is 5.14. The number of ether oxygens (including phenoxy) is 1. The largest absolute Gasteiger partial charge is 0.444 e. The van der Waals surface area contributed by atoms with Gasteiger partial charge in [0, 0.05) is 0 Å². The highest BCUT2D eigenvalue weighted by Gasteiger charge is 2.35. The van der Waals surface area contributed by atoms with Crippen molar-refractivity contribution in [3.8, 4) is 0 Å². The van der Waals surface area contributed by atoms with Crippen molar-refractivity contribution in [2.75, 3.05) is 13.1 Å². The van der Waals surface area contributed by atoms with E-state index < -0.39 is 23.5 Å². The molecule has 0 unspecified atom stereocenters. The zero-order valence-corrected chi connectivity index (χ0v) is 13.0. The highest BCUT2D eigenvalue weighted by atomic mass is 16.6. The molecule has 0 spiro atoms. The van der Waals surface area contributed by atoms with Crippen LogP contribution in [0.2, 0.25) is 0 Å². The number of rotatable bonds is 2. The van der Waals surface area contributed by atoms with Crippen molar-refractivity contribution in [1.29, 1.82) is 0 Å². The molecular weight excluding hydrogens is 284 g/mol. The first kappa shape index (κ1) is 16.0. The third-order valence-corrected chi connectivity index (χ3v) is 3.09. The lowest BCUT2D eigenvalue weighted by Crippen LogP contribution is -2.55. The Morgan fingerprint density at radius 1 is 1.09 bits per heavy atom. The van der Waals surface area contributed by atoms with Crippen molar-refractivity contribution in [3.05, 3.63) is 35.9 Å². The molecule has 1 heterocycles. The monoisotopic (exact) mass is 304 g/mol. The van der Waals surface area contributed by atoms with Gasteiger partial charge < -0.3 is 4.74 Å². The number of hydrogen-bond donors (Lipinski definition) is 0. The molecule has 118 valence electrons. The maximum absolute atomic E-state index is 12.1. The number of hydrogen-bond acceptors (Lipinski definition) is 4. The number of imide groups is 1. The SMILES string of the molecule is CC(C)(C)OC(=O)N1CC(=O)N(Cc2ccccc2)C(=O)C1. The third kappa shape index (κ3) is 4.07. The molecule has 3 amide bonds. The summed E-state index contributed by atoms with van der Waals surface area (Å²) in [5, 5.41) is 0. The predicted octanol–water partition coefficient (Wildman–Crippen LogP) is 1.79. The summed E-state index contributed by atoms with van der Waals surface area (Å²) < 4.78 is 5.19. The molecule has 0 radical (unpaired) electrons. The summed E-state index contributed by atoms with van der Waals surface area (Å²) in [5.41, 5.74) is 0.208. The van der Waals surface area contributed by atoms with E-state index in [1.54, 1.807) is 20.8 Å². The number of nitrogens with zero attached hydrogens (tertiary/aromatic N) is 2. The van der Waals surface area contributed by atoms with Crippen LogP contribution in [0.15, 0.2) is 30.3 Å². The molecule has 2 rings (SSSR count). The molecule has 1 aromatic rings. The second-order valence-electron chi connectivity index (χ2n) is 6.20. The molecule has 6 nitrogen and oxygen atoms in total. The lowest BCUT2D eigenvalue weighted by Gasteiger charge is -2.33. The van der Waals surface area contributed by atoms with Gasteiger partial charge in [0.15, 0.2) is 0 Å². The van der Waals surface area contributed by atoms with E-state index in [1.165, 1.54) is 4.90 Å². The Morgan fingerprint density at radius 2 is 1.64 bits per heavy atom. The average molecular weight is 304 g/mol. The van der Waals surface area contributed by atoms with E-state index in [4.69, 9.17) is 4.74 Å². The summed E-state index contributed by atoms with van der Waals surface area (Å²) in [6.07, 6.45) is -0.645. The third-order valence-electron chi connectivity index (χ3n) is 3.09. The van der Waals surface area contributed by atoms with Gasteiger partial charge in [-0.3, -0.25) is 19.4 Å². The Balaban J connectivity index is 2.02. The maximum Gasteiger partial charge on any atom is 0.411 e. The molecule has 0 aliphatic carbocycles. The second kappa shape index (κ2) is 6.17. The van der Waals surface area contributed by atoms with Crippen LogP contribution < -0.4 is 0 Å². The molecule has 0 bridgehead atoms. The van der Waals surface area contributed by atoms with Crippen molar-refractivity contribution in [3.63, 3.8) is 0 Å². The Hall–Kier alpha value is -2.37. The van der Waals surface area contributed by atoms with Gasteiger partial charge in [-0.15, -0.1) is 0 Å². The molecule has 1 saturated heterocycles. The van der Waals surface area contributed by atoms with Gasteiger partial charge >= 0.3 is 6.09 Å². The molecule has 0 atom stereocenters. The van der Waals surface area contributed by atoms with Crippen LogP contribution in [0.1, 0.15) is 26.3 Å². The minimum atomic E-state index is -0.662. The molecule has 1 aliphatic rings. The fourth-order valence-corrected chi connectivity index (χ4v) is 2.09. The lowest BCUT2D eigenvalue weighted by atomic mass is 10.2. The number of carbonyl (C=O) groups excluding carboxylic acids is 3. The highest BCUT2D eigenvalue weighted by molar-refractivity contribution is 6.01. The fraction of sp³-hybridized carbons (Fsp3) is 0.438. The zero-order valence-electron chi connectivity index (χ0n) is 13.0. The number of piperazine rings is 1. The van der Waals surface area contributed by atoms with Crippen LogP contribution in [-0.4, -0.2) is 46.4 Å². The molecule has 1 aromatic carbocycles. The minimum absolute atomic E-state index is 0.145. The van der Waals surface area contributed by atoms with Crippen LogP contribution in [0.5, 0.6) is 0 Å². The van der Waals surface area contributed by atoms with E-state index in [2.05, 4.69) is 0 Å².